The predicted molar refractivity (Wildman–Crippen MR) is 181 cm³/mol. The maximum atomic E-state index is 14.0. The molecule has 14 heteroatoms. The zero-order chi connectivity index (χ0) is 34.1. The van der Waals surface area contributed by atoms with E-state index < -0.39 is 11.3 Å². The Labute approximate surface area is 287 Å². The van der Waals surface area contributed by atoms with Gasteiger partial charge in [0.25, 0.3) is 11.8 Å². The number of aromatic nitrogens is 4. The molecule has 1 unspecified atom stereocenters. The van der Waals surface area contributed by atoms with Crippen LogP contribution in [0.2, 0.25) is 0 Å². The summed E-state index contributed by atoms with van der Waals surface area (Å²) in [6, 6.07) is 15.0. The van der Waals surface area contributed by atoms with Crippen LogP contribution >= 0.6 is 11.3 Å². The number of morpholine rings is 1. The first-order valence-corrected chi connectivity index (χ1v) is 17.2. The lowest BCUT2D eigenvalue weighted by molar-refractivity contribution is -0.124. The topological polar surface area (TPSA) is 158 Å². The standard InChI is InChI=1S/C35H37N7O6S/c1-20-4-9-24-27(35(2,3)33(45)39-34-41-40-31(49-34)28(43)37-23-12-16-46-17-13-23)25-10-11-26(38-30(25)48-29(24)36-20)21-5-7-22(8-6-21)32(44)42-14-18-47-19-15-42/h4-11,23,27H,12-19H2,1-3H3,(H,37,43)(H,39,41,45). The largest absolute Gasteiger partial charge is 0.420 e. The second kappa shape index (κ2) is 13.6. The second-order valence-electron chi connectivity index (χ2n) is 12.9. The highest BCUT2D eigenvalue weighted by atomic mass is 32.1. The number of rotatable bonds is 7. The molecular weight excluding hydrogens is 646 g/mol. The molecule has 0 radical (unpaired) electrons. The Kier molecular flexibility index (Phi) is 9.09. The molecule has 3 aliphatic rings. The van der Waals surface area contributed by atoms with Crippen LogP contribution in [0.3, 0.4) is 0 Å². The van der Waals surface area contributed by atoms with Crippen LogP contribution < -0.4 is 15.4 Å². The molecule has 2 fully saturated rings. The first-order chi connectivity index (χ1) is 23.7. The molecule has 2 saturated heterocycles. The molecule has 4 aromatic rings. The second-order valence-corrected chi connectivity index (χ2v) is 13.9. The van der Waals surface area contributed by atoms with Crippen LogP contribution in [0.25, 0.3) is 11.3 Å². The van der Waals surface area contributed by atoms with Crippen molar-refractivity contribution in [2.45, 2.75) is 45.6 Å². The van der Waals surface area contributed by atoms with Crippen LogP contribution in [0.5, 0.6) is 11.8 Å². The third-order valence-corrected chi connectivity index (χ3v) is 10.0. The first-order valence-electron chi connectivity index (χ1n) is 16.3. The Balaban J connectivity index is 1.13. The third kappa shape index (κ3) is 6.76. The van der Waals surface area contributed by atoms with E-state index in [1.807, 2.05) is 57.2 Å². The van der Waals surface area contributed by atoms with Gasteiger partial charge >= 0.3 is 0 Å². The number of hydrogen-bond acceptors (Lipinski definition) is 11. The van der Waals surface area contributed by atoms with E-state index in [2.05, 4.69) is 25.8 Å². The molecule has 7 rings (SSSR count). The van der Waals surface area contributed by atoms with E-state index >= 15 is 0 Å². The van der Waals surface area contributed by atoms with Crippen molar-refractivity contribution in [2.24, 2.45) is 5.41 Å². The van der Waals surface area contributed by atoms with Gasteiger partial charge in [0, 0.05) is 66.2 Å². The van der Waals surface area contributed by atoms with E-state index in [0.717, 1.165) is 46.6 Å². The van der Waals surface area contributed by atoms with Gasteiger partial charge in [0.15, 0.2) is 0 Å². The summed E-state index contributed by atoms with van der Waals surface area (Å²) in [7, 11) is 0. The quantitative estimate of drug-likeness (QED) is 0.282. The molecule has 254 valence electrons. The number of carbonyl (C=O) groups excluding carboxylic acids is 3. The van der Waals surface area contributed by atoms with E-state index in [-0.39, 0.29) is 33.9 Å². The molecule has 3 amide bonds. The van der Waals surface area contributed by atoms with Crippen LogP contribution in [0.4, 0.5) is 5.13 Å². The Morgan fingerprint density at radius 1 is 0.857 bits per heavy atom. The van der Waals surface area contributed by atoms with Gasteiger partial charge in [0.2, 0.25) is 27.8 Å². The number of carbonyl (C=O) groups is 3. The van der Waals surface area contributed by atoms with Crippen molar-refractivity contribution in [1.82, 2.24) is 30.4 Å². The van der Waals surface area contributed by atoms with Crippen LogP contribution in [0.1, 0.15) is 69.6 Å². The number of anilines is 1. The number of hydrogen-bond donors (Lipinski definition) is 2. The molecule has 3 aromatic heterocycles. The lowest BCUT2D eigenvalue weighted by atomic mass is 9.70. The predicted octanol–water partition coefficient (Wildman–Crippen LogP) is 4.59. The highest BCUT2D eigenvalue weighted by Gasteiger charge is 2.45. The third-order valence-electron chi connectivity index (χ3n) is 9.16. The minimum Gasteiger partial charge on any atom is -0.420 e. The fourth-order valence-electron chi connectivity index (χ4n) is 6.37. The van der Waals surface area contributed by atoms with Gasteiger partial charge in [-0.15, -0.1) is 10.2 Å². The lowest BCUT2D eigenvalue weighted by Crippen LogP contribution is -2.40. The minimum absolute atomic E-state index is 0.0195. The van der Waals surface area contributed by atoms with E-state index in [0.29, 0.717) is 62.5 Å². The summed E-state index contributed by atoms with van der Waals surface area (Å²) in [6.45, 7) is 9.01. The van der Waals surface area contributed by atoms with E-state index in [9.17, 15) is 14.4 Å². The van der Waals surface area contributed by atoms with Gasteiger partial charge in [-0.05, 0) is 44.0 Å². The van der Waals surface area contributed by atoms with E-state index in [1.54, 1.807) is 17.0 Å². The maximum Gasteiger partial charge on any atom is 0.282 e. The monoisotopic (exact) mass is 683 g/mol. The molecular formula is C35H37N7O6S. The Hall–Kier alpha value is -4.79. The average Bonchev–Trinajstić information content (AvgIpc) is 3.59. The number of nitrogens with one attached hydrogen (secondary N) is 2. The molecule has 13 nitrogen and oxygen atoms in total. The zero-order valence-electron chi connectivity index (χ0n) is 27.5. The van der Waals surface area contributed by atoms with Crippen LogP contribution in [0, 0.1) is 12.3 Å². The zero-order valence-corrected chi connectivity index (χ0v) is 28.3. The summed E-state index contributed by atoms with van der Waals surface area (Å²) in [5.74, 6) is -0.394. The van der Waals surface area contributed by atoms with Gasteiger partial charge in [-0.2, -0.15) is 0 Å². The number of aryl methyl sites for hydroxylation is 1. The molecule has 0 spiro atoms. The van der Waals surface area contributed by atoms with Crippen LogP contribution in [-0.2, 0) is 14.3 Å². The highest BCUT2D eigenvalue weighted by molar-refractivity contribution is 7.17. The molecule has 0 saturated carbocycles. The molecule has 3 aliphatic heterocycles. The van der Waals surface area contributed by atoms with Crippen molar-refractivity contribution in [1.29, 1.82) is 0 Å². The summed E-state index contributed by atoms with van der Waals surface area (Å²) in [6.07, 6.45) is 1.48. The van der Waals surface area contributed by atoms with Gasteiger partial charge in [0.1, 0.15) is 0 Å². The minimum atomic E-state index is -1.04. The number of fused-ring (bicyclic) bond motifs is 2. The number of benzene rings is 1. The normalized spacial score (nSPS) is 17.8. The SMILES string of the molecule is Cc1ccc2c(n1)Oc1nc(-c3ccc(C(=O)N4CCOCC4)cc3)ccc1C2C(C)(C)C(=O)Nc1nnc(C(=O)NC2CCOCC2)s1. The van der Waals surface area contributed by atoms with Gasteiger partial charge in [-0.25, -0.2) is 9.97 Å². The molecule has 2 N–H and O–H groups in total. The summed E-state index contributed by atoms with van der Waals surface area (Å²) < 4.78 is 17.0. The molecule has 0 aliphatic carbocycles. The van der Waals surface area contributed by atoms with Crippen molar-refractivity contribution < 1.29 is 28.6 Å². The summed E-state index contributed by atoms with van der Waals surface area (Å²) >= 11 is 1.03. The first kappa shape index (κ1) is 32.7. The van der Waals surface area contributed by atoms with E-state index in [1.165, 1.54) is 0 Å². The Bertz CT molecular complexity index is 1880. The summed E-state index contributed by atoms with van der Waals surface area (Å²) in [5, 5.41) is 14.4. The Morgan fingerprint density at radius 3 is 2.27 bits per heavy atom. The number of nitrogens with zero attached hydrogens (tertiary/aromatic N) is 5. The lowest BCUT2D eigenvalue weighted by Gasteiger charge is -2.37. The van der Waals surface area contributed by atoms with Crippen LogP contribution in [0.15, 0.2) is 48.5 Å². The van der Waals surface area contributed by atoms with Gasteiger partial charge < -0.3 is 29.7 Å². The van der Waals surface area contributed by atoms with Crippen molar-refractivity contribution in [3.63, 3.8) is 0 Å². The fourth-order valence-corrected chi connectivity index (χ4v) is 7.01. The van der Waals surface area contributed by atoms with Crippen molar-refractivity contribution in [2.75, 3.05) is 44.8 Å². The van der Waals surface area contributed by atoms with E-state index in [4.69, 9.17) is 19.2 Å². The molecule has 49 heavy (non-hydrogen) atoms. The molecule has 6 heterocycles. The molecule has 1 aromatic carbocycles. The van der Waals surface area contributed by atoms with Crippen molar-refractivity contribution in [3.8, 4) is 23.0 Å². The van der Waals surface area contributed by atoms with Gasteiger partial charge in [-0.1, -0.05) is 49.4 Å². The van der Waals surface area contributed by atoms with Gasteiger partial charge in [-0.3, -0.25) is 14.4 Å². The van der Waals surface area contributed by atoms with Gasteiger partial charge in [0.05, 0.1) is 24.3 Å². The van der Waals surface area contributed by atoms with Crippen molar-refractivity contribution in [3.05, 3.63) is 75.9 Å². The average molecular weight is 684 g/mol. The summed E-state index contributed by atoms with van der Waals surface area (Å²) in [4.78, 5) is 51.1. The summed E-state index contributed by atoms with van der Waals surface area (Å²) in [5.41, 5.74) is 3.29. The fraction of sp³-hybridized carbons (Fsp3) is 0.400. The molecule has 0 bridgehead atoms. The number of pyridine rings is 2. The number of amides is 3. The molecule has 1 atom stereocenters. The Morgan fingerprint density at radius 2 is 1.53 bits per heavy atom. The maximum absolute atomic E-state index is 14.0. The van der Waals surface area contributed by atoms with Crippen LogP contribution in [-0.4, -0.2) is 88.3 Å². The smallest absolute Gasteiger partial charge is 0.282 e. The highest BCUT2D eigenvalue weighted by Crippen LogP contribution is 2.51. The number of ether oxygens (including phenoxy) is 3. The van der Waals surface area contributed by atoms with Crippen molar-refractivity contribution >= 4 is 34.2 Å².